The van der Waals surface area contributed by atoms with E-state index in [1.165, 1.54) is 30.3 Å². The maximum atomic E-state index is 15.6. The van der Waals surface area contributed by atoms with Gasteiger partial charge in [0.2, 0.25) is 0 Å². The normalized spacial score (nSPS) is 26.9. The third-order valence-electron chi connectivity index (χ3n) is 7.22. The number of aliphatic hydroxyl groups is 1. The highest BCUT2D eigenvalue weighted by molar-refractivity contribution is 6.31. The third kappa shape index (κ3) is 4.72. The first-order valence-electron chi connectivity index (χ1n) is 11.8. The summed E-state index contributed by atoms with van der Waals surface area (Å²) in [5.41, 5.74) is -3.10. The second-order valence-electron chi connectivity index (χ2n) is 10.8. The highest BCUT2D eigenvalue weighted by Crippen LogP contribution is 2.57. The van der Waals surface area contributed by atoms with Crippen LogP contribution in [0, 0.1) is 28.4 Å². The summed E-state index contributed by atoms with van der Waals surface area (Å²) >= 11 is 12.1. The molecule has 1 aliphatic carbocycles. The van der Waals surface area contributed by atoms with Crippen molar-refractivity contribution < 1.29 is 23.4 Å². The molecule has 0 unspecified atom stereocenters. The summed E-state index contributed by atoms with van der Waals surface area (Å²) < 4.78 is 36.8. The van der Waals surface area contributed by atoms with Crippen molar-refractivity contribution in [1.29, 1.82) is 5.26 Å². The fourth-order valence-corrected chi connectivity index (χ4v) is 5.66. The molecule has 2 aliphatic rings. The zero-order valence-electron chi connectivity index (χ0n) is 20.2. The van der Waals surface area contributed by atoms with E-state index >= 15 is 8.78 Å². The maximum absolute atomic E-state index is 15.6. The topological polar surface area (TPSA) is 82.3 Å². The molecule has 5 nitrogen and oxygen atoms in total. The lowest BCUT2D eigenvalue weighted by molar-refractivity contribution is -0.157. The van der Waals surface area contributed by atoms with Crippen molar-refractivity contribution in [1.82, 2.24) is 5.32 Å². The maximum Gasteiger partial charge on any atom is 0.324 e. The van der Waals surface area contributed by atoms with Crippen LogP contribution in [0.3, 0.4) is 0 Å². The average Bonchev–Trinajstić information content (AvgIpc) is 3.50. The van der Waals surface area contributed by atoms with E-state index in [4.69, 9.17) is 27.9 Å². The van der Waals surface area contributed by atoms with Crippen molar-refractivity contribution in [3.63, 3.8) is 0 Å². The Labute approximate surface area is 219 Å². The Morgan fingerprint density at radius 2 is 1.94 bits per heavy atom. The molecular formula is C27H28Cl2F2N2O3. The van der Waals surface area contributed by atoms with Gasteiger partial charge in [-0.2, -0.15) is 5.26 Å². The lowest BCUT2D eigenvalue weighted by Gasteiger charge is -2.36. The molecule has 1 saturated carbocycles. The van der Waals surface area contributed by atoms with E-state index in [1.54, 1.807) is 20.8 Å². The summed E-state index contributed by atoms with van der Waals surface area (Å²) in [5.74, 6) is -3.43. The van der Waals surface area contributed by atoms with Crippen LogP contribution in [0.4, 0.5) is 8.78 Å². The van der Waals surface area contributed by atoms with Crippen molar-refractivity contribution in [3.05, 3.63) is 69.2 Å². The number of hydrogen-bond acceptors (Lipinski definition) is 5. The van der Waals surface area contributed by atoms with E-state index in [-0.39, 0.29) is 34.2 Å². The highest BCUT2D eigenvalue weighted by Gasteiger charge is 2.63. The molecule has 36 heavy (non-hydrogen) atoms. The van der Waals surface area contributed by atoms with Gasteiger partial charge in [-0.15, -0.1) is 0 Å². The van der Waals surface area contributed by atoms with Crippen LogP contribution in [0.2, 0.25) is 10.0 Å². The smallest absolute Gasteiger partial charge is 0.324 e. The number of aliphatic hydroxyl groups excluding tert-OH is 1. The number of halogens is 4. The largest absolute Gasteiger partial charge is 0.459 e. The standard InChI is InChI=1S/C27H28Cl2F2N2O3/c1-25(2,3)36-24(35)23-21(16-5-4-6-18(29)22(16)31)27(13-32,17-8-7-15(28)11-19(17)30)20(33-23)12-26(14-34)9-10-26/h4-8,11,20-21,23,33-34H,9-10,12,14H2,1-3H3/t20-,21-,23+,27-/m0/s1. The summed E-state index contributed by atoms with van der Waals surface area (Å²) in [5, 5.41) is 24.0. The molecule has 2 N–H and O–H groups in total. The predicted molar refractivity (Wildman–Crippen MR) is 133 cm³/mol. The lowest BCUT2D eigenvalue weighted by Crippen LogP contribution is -2.44. The minimum atomic E-state index is -1.74. The first-order valence-corrected chi connectivity index (χ1v) is 12.5. The summed E-state index contributed by atoms with van der Waals surface area (Å²) in [6, 6.07) is 8.58. The van der Waals surface area contributed by atoms with Gasteiger partial charge < -0.3 is 9.84 Å². The fraction of sp³-hybridized carbons (Fsp3) is 0.481. The molecule has 4 atom stereocenters. The molecule has 2 fully saturated rings. The predicted octanol–water partition coefficient (Wildman–Crippen LogP) is 5.66. The van der Waals surface area contributed by atoms with Crippen LogP contribution in [0.25, 0.3) is 0 Å². The number of rotatable bonds is 6. The van der Waals surface area contributed by atoms with Crippen molar-refractivity contribution in [2.24, 2.45) is 5.41 Å². The second-order valence-corrected chi connectivity index (χ2v) is 11.7. The molecule has 2 aromatic rings. The van der Waals surface area contributed by atoms with Crippen molar-refractivity contribution in [3.8, 4) is 6.07 Å². The Hall–Kier alpha value is -2.24. The zero-order chi connectivity index (χ0) is 26.5. The van der Waals surface area contributed by atoms with E-state index in [1.807, 2.05) is 0 Å². The minimum absolute atomic E-state index is 0.00176. The molecule has 0 amide bonds. The van der Waals surface area contributed by atoms with Crippen molar-refractivity contribution in [2.75, 3.05) is 6.61 Å². The van der Waals surface area contributed by atoms with Crippen LogP contribution in [0.15, 0.2) is 36.4 Å². The van der Waals surface area contributed by atoms with Crippen LogP contribution in [-0.2, 0) is 14.9 Å². The van der Waals surface area contributed by atoms with Gasteiger partial charge in [-0.05, 0) is 69.2 Å². The molecule has 1 heterocycles. The monoisotopic (exact) mass is 536 g/mol. The number of benzene rings is 2. The quantitative estimate of drug-likeness (QED) is 0.465. The number of ether oxygens (including phenoxy) is 1. The molecule has 9 heteroatoms. The van der Waals surface area contributed by atoms with E-state index in [0.29, 0.717) is 0 Å². The highest BCUT2D eigenvalue weighted by atomic mass is 35.5. The molecular weight excluding hydrogens is 509 g/mol. The van der Waals surface area contributed by atoms with Crippen LogP contribution in [0.5, 0.6) is 0 Å². The molecule has 2 aromatic carbocycles. The van der Waals surface area contributed by atoms with Gasteiger partial charge >= 0.3 is 5.97 Å². The zero-order valence-corrected chi connectivity index (χ0v) is 21.8. The van der Waals surface area contributed by atoms with Crippen molar-refractivity contribution >= 4 is 29.2 Å². The molecule has 1 saturated heterocycles. The average molecular weight is 537 g/mol. The number of nitrogens with one attached hydrogen (secondary N) is 1. The Balaban J connectivity index is 1.99. The summed E-state index contributed by atoms with van der Waals surface area (Å²) in [7, 11) is 0. The van der Waals surface area contributed by atoms with Gasteiger partial charge in [0.15, 0.2) is 0 Å². The van der Waals surface area contributed by atoms with E-state index in [0.717, 1.165) is 18.9 Å². The van der Waals surface area contributed by atoms with Gasteiger partial charge in [-0.1, -0.05) is 41.4 Å². The van der Waals surface area contributed by atoms with Crippen LogP contribution >= 0.6 is 23.2 Å². The van der Waals surface area contributed by atoms with E-state index in [9.17, 15) is 15.2 Å². The third-order valence-corrected chi connectivity index (χ3v) is 7.75. The van der Waals surface area contributed by atoms with Crippen molar-refractivity contribution in [2.45, 2.75) is 69.1 Å². The fourth-order valence-electron chi connectivity index (χ4n) is 5.32. The van der Waals surface area contributed by atoms with E-state index in [2.05, 4.69) is 11.4 Å². The van der Waals surface area contributed by atoms with Gasteiger partial charge in [0.25, 0.3) is 0 Å². The molecule has 192 valence electrons. The minimum Gasteiger partial charge on any atom is -0.459 e. The Bertz CT molecular complexity index is 1220. The van der Waals surface area contributed by atoms with Gasteiger partial charge in [0.1, 0.15) is 28.7 Å². The Morgan fingerprint density at radius 3 is 2.50 bits per heavy atom. The molecule has 1 aliphatic heterocycles. The van der Waals surface area contributed by atoms with Crippen LogP contribution in [-0.4, -0.2) is 35.4 Å². The summed E-state index contributed by atoms with van der Waals surface area (Å²) in [6.45, 7) is 4.98. The number of carbonyl (C=O) groups is 1. The summed E-state index contributed by atoms with van der Waals surface area (Å²) in [4.78, 5) is 13.5. The Morgan fingerprint density at radius 1 is 1.25 bits per heavy atom. The number of nitrogens with zero attached hydrogens (tertiary/aromatic N) is 1. The first kappa shape index (κ1) is 26.8. The van der Waals surface area contributed by atoms with Gasteiger partial charge in [-0.25, -0.2) is 8.78 Å². The molecule has 0 aromatic heterocycles. The second kappa shape index (κ2) is 9.57. The SMILES string of the molecule is CC(C)(C)OC(=O)[C@@H]1N[C@@H](CC2(CO)CC2)[C@](C#N)(c2ccc(Cl)cc2F)[C@H]1c1cccc(Cl)c1F. The number of carbonyl (C=O) groups excluding carboxylic acids is 1. The molecule has 0 radical (unpaired) electrons. The number of hydrogen-bond donors (Lipinski definition) is 2. The van der Waals surface area contributed by atoms with Crippen LogP contribution in [0.1, 0.15) is 57.1 Å². The van der Waals surface area contributed by atoms with Gasteiger partial charge in [0, 0.05) is 29.2 Å². The number of nitriles is 1. The summed E-state index contributed by atoms with van der Waals surface area (Å²) in [6.07, 6.45) is 1.72. The molecule has 4 rings (SSSR count). The lowest BCUT2D eigenvalue weighted by atomic mass is 9.63. The van der Waals surface area contributed by atoms with E-state index < -0.39 is 52.0 Å². The molecule has 0 spiro atoms. The Kier molecular flexibility index (Phi) is 7.13. The number of esters is 1. The van der Waals surface area contributed by atoms with Crippen LogP contribution < -0.4 is 5.32 Å². The molecule has 0 bridgehead atoms. The van der Waals surface area contributed by atoms with Gasteiger partial charge in [0.05, 0.1) is 11.1 Å². The van der Waals surface area contributed by atoms with Gasteiger partial charge in [-0.3, -0.25) is 10.1 Å². The first-order chi connectivity index (χ1) is 16.9.